The molecule has 0 aromatic carbocycles. The van der Waals surface area contributed by atoms with Gasteiger partial charge in [0.2, 0.25) is 0 Å². The molecule has 0 aromatic heterocycles. The van der Waals surface area contributed by atoms with Crippen molar-refractivity contribution in [1.29, 1.82) is 0 Å². The molecule has 0 aliphatic carbocycles. The molecule has 1 radical (unpaired) electrons. The van der Waals surface area contributed by atoms with Crippen LogP contribution < -0.4 is 0 Å². The van der Waals surface area contributed by atoms with Crippen molar-refractivity contribution in [3.63, 3.8) is 0 Å². The van der Waals surface area contributed by atoms with E-state index in [0.717, 1.165) is 29.5 Å². The van der Waals surface area contributed by atoms with Crippen LogP contribution in [-0.2, 0) is 0 Å². The Kier molecular flexibility index (Phi) is 6.56. The van der Waals surface area contributed by atoms with E-state index in [-0.39, 0.29) is 0 Å². The van der Waals surface area contributed by atoms with E-state index in [1.54, 1.807) is 0 Å². The van der Waals surface area contributed by atoms with Gasteiger partial charge in [0.05, 0.1) is 0 Å². The summed E-state index contributed by atoms with van der Waals surface area (Å²) in [5, 5.41) is 0. The van der Waals surface area contributed by atoms with E-state index in [4.69, 9.17) is 0 Å². The third kappa shape index (κ3) is 3.67. The van der Waals surface area contributed by atoms with Crippen LogP contribution in [0.25, 0.3) is 0 Å². The van der Waals surface area contributed by atoms with Crippen molar-refractivity contribution in [2.24, 2.45) is 23.7 Å². The van der Waals surface area contributed by atoms with Crippen molar-refractivity contribution in [1.82, 2.24) is 0 Å². The van der Waals surface area contributed by atoms with Crippen LogP contribution in [0.4, 0.5) is 0 Å². The van der Waals surface area contributed by atoms with Crippen LogP contribution in [0, 0.1) is 23.7 Å². The lowest BCUT2D eigenvalue weighted by Crippen LogP contribution is -2.26. The molecule has 0 spiro atoms. The molecule has 0 heterocycles. The first-order valence-corrected chi connectivity index (χ1v) is 6.25. The van der Waals surface area contributed by atoms with Gasteiger partial charge in [-0.05, 0) is 23.7 Å². The molecule has 0 nitrogen and oxygen atoms in total. The highest BCUT2D eigenvalue weighted by atomic mass is 14.3. The van der Waals surface area contributed by atoms with Gasteiger partial charge in [0.15, 0.2) is 0 Å². The van der Waals surface area contributed by atoms with Crippen molar-refractivity contribution < 1.29 is 0 Å². The summed E-state index contributed by atoms with van der Waals surface area (Å²) in [4.78, 5) is 0. The summed E-state index contributed by atoms with van der Waals surface area (Å²) in [6.45, 7) is 16.4. The van der Waals surface area contributed by atoms with E-state index in [1.807, 2.05) is 0 Å². The zero-order valence-corrected chi connectivity index (χ0v) is 11.2. The SMILES string of the molecule is C[B]C(C)C(C)C(CC)C(C)C(C)C. The van der Waals surface area contributed by atoms with Crippen LogP contribution >= 0.6 is 0 Å². The normalized spacial score (nSPS) is 20.3. The van der Waals surface area contributed by atoms with Gasteiger partial charge in [0.25, 0.3) is 0 Å². The Morgan fingerprint density at radius 2 is 1.43 bits per heavy atom. The molecule has 0 aliphatic heterocycles. The molecule has 0 aliphatic rings. The van der Waals surface area contributed by atoms with Gasteiger partial charge in [-0.1, -0.05) is 60.6 Å². The first-order chi connectivity index (χ1) is 6.45. The maximum absolute atomic E-state index is 2.41. The molecule has 0 amide bonds. The van der Waals surface area contributed by atoms with Crippen LogP contribution in [0.3, 0.4) is 0 Å². The molecule has 4 unspecified atom stereocenters. The molecule has 0 bridgehead atoms. The zero-order chi connectivity index (χ0) is 11.3. The first-order valence-electron chi connectivity index (χ1n) is 6.25. The van der Waals surface area contributed by atoms with Crippen LogP contribution in [0.2, 0.25) is 12.6 Å². The topological polar surface area (TPSA) is 0 Å². The molecule has 83 valence electrons. The number of hydrogen-bond acceptors (Lipinski definition) is 0. The molecular formula is C13H28B. The fourth-order valence-electron chi connectivity index (χ4n) is 2.41. The Hall–Kier alpha value is 0.0649. The Morgan fingerprint density at radius 1 is 0.929 bits per heavy atom. The second kappa shape index (κ2) is 6.53. The standard InChI is InChI=1S/C13H28B/c1-8-13(10(4)9(2)3)11(5)12(6)14-7/h9-13H,8H2,1-7H3. The maximum Gasteiger partial charge on any atom is 0.110 e. The summed E-state index contributed by atoms with van der Waals surface area (Å²) in [5.41, 5.74) is 0. The fraction of sp³-hybridized carbons (Fsp3) is 1.00. The molecule has 14 heavy (non-hydrogen) atoms. The van der Waals surface area contributed by atoms with Crippen molar-refractivity contribution in [2.45, 2.75) is 60.6 Å². The largest absolute Gasteiger partial charge is 0.110 e. The predicted octanol–water partition coefficient (Wildman–Crippen LogP) is 4.50. The van der Waals surface area contributed by atoms with Gasteiger partial charge in [-0.15, -0.1) is 0 Å². The Balaban J connectivity index is 4.38. The highest BCUT2D eigenvalue weighted by Crippen LogP contribution is 2.35. The average molecular weight is 195 g/mol. The Morgan fingerprint density at radius 3 is 1.71 bits per heavy atom. The quantitative estimate of drug-likeness (QED) is 0.547. The molecule has 0 fully saturated rings. The van der Waals surface area contributed by atoms with E-state index < -0.39 is 0 Å². The summed E-state index contributed by atoms with van der Waals surface area (Å²) >= 11 is 0. The maximum atomic E-state index is 2.41. The molecule has 0 rings (SSSR count). The van der Waals surface area contributed by atoms with Gasteiger partial charge in [-0.25, -0.2) is 0 Å². The summed E-state index contributed by atoms with van der Waals surface area (Å²) in [5.74, 6) is 4.11. The van der Waals surface area contributed by atoms with E-state index in [1.165, 1.54) is 6.42 Å². The summed E-state index contributed by atoms with van der Waals surface area (Å²) in [6.07, 6.45) is 1.32. The van der Waals surface area contributed by atoms with E-state index in [2.05, 4.69) is 55.6 Å². The average Bonchev–Trinajstić information content (AvgIpc) is 2.17. The van der Waals surface area contributed by atoms with Crippen LogP contribution in [0.15, 0.2) is 0 Å². The van der Waals surface area contributed by atoms with Gasteiger partial charge in [-0.3, -0.25) is 0 Å². The van der Waals surface area contributed by atoms with Crippen molar-refractivity contribution in [2.75, 3.05) is 0 Å². The minimum atomic E-state index is 0.751. The monoisotopic (exact) mass is 195 g/mol. The first kappa shape index (κ1) is 14.1. The molecule has 0 aromatic rings. The molecular weight excluding hydrogens is 167 g/mol. The third-order valence-corrected chi connectivity index (χ3v) is 4.23. The van der Waals surface area contributed by atoms with Crippen LogP contribution in [-0.4, -0.2) is 7.28 Å². The van der Waals surface area contributed by atoms with Crippen LogP contribution in [0.1, 0.15) is 48.0 Å². The zero-order valence-electron chi connectivity index (χ0n) is 11.2. The second-order valence-corrected chi connectivity index (χ2v) is 5.23. The Bertz CT molecular complexity index is 142. The molecule has 1 heteroatoms. The summed E-state index contributed by atoms with van der Waals surface area (Å²) < 4.78 is 0. The van der Waals surface area contributed by atoms with Crippen LogP contribution in [0.5, 0.6) is 0 Å². The van der Waals surface area contributed by atoms with E-state index in [9.17, 15) is 0 Å². The summed E-state index contributed by atoms with van der Waals surface area (Å²) in [6, 6.07) is 0. The highest BCUT2D eigenvalue weighted by Gasteiger charge is 2.26. The lowest BCUT2D eigenvalue weighted by atomic mass is 9.57. The predicted molar refractivity (Wildman–Crippen MR) is 68.0 cm³/mol. The minimum Gasteiger partial charge on any atom is -0.0917 e. The summed E-state index contributed by atoms with van der Waals surface area (Å²) in [7, 11) is 2.35. The lowest BCUT2D eigenvalue weighted by molar-refractivity contribution is 0.193. The molecule has 4 atom stereocenters. The third-order valence-electron chi connectivity index (χ3n) is 4.23. The fourth-order valence-corrected chi connectivity index (χ4v) is 2.41. The Labute approximate surface area is 92.1 Å². The molecule has 0 saturated heterocycles. The lowest BCUT2D eigenvalue weighted by Gasteiger charge is -2.34. The van der Waals surface area contributed by atoms with E-state index in [0.29, 0.717) is 0 Å². The van der Waals surface area contributed by atoms with Gasteiger partial charge in [0.1, 0.15) is 7.28 Å². The van der Waals surface area contributed by atoms with Crippen molar-refractivity contribution >= 4 is 7.28 Å². The number of hydrogen-bond donors (Lipinski definition) is 0. The van der Waals surface area contributed by atoms with Crippen molar-refractivity contribution in [3.8, 4) is 0 Å². The number of rotatable bonds is 6. The van der Waals surface area contributed by atoms with E-state index >= 15 is 0 Å². The van der Waals surface area contributed by atoms with Crippen molar-refractivity contribution in [3.05, 3.63) is 0 Å². The highest BCUT2D eigenvalue weighted by molar-refractivity contribution is 6.35. The minimum absolute atomic E-state index is 0.751. The van der Waals surface area contributed by atoms with Gasteiger partial charge < -0.3 is 0 Å². The second-order valence-electron chi connectivity index (χ2n) is 5.23. The molecule has 0 N–H and O–H groups in total. The van der Waals surface area contributed by atoms with Gasteiger partial charge in [-0.2, -0.15) is 0 Å². The van der Waals surface area contributed by atoms with Gasteiger partial charge >= 0.3 is 0 Å². The smallest absolute Gasteiger partial charge is 0.0917 e. The molecule has 0 saturated carbocycles. The van der Waals surface area contributed by atoms with Gasteiger partial charge in [0, 0.05) is 0 Å².